The maximum atomic E-state index is 13.3. The first-order valence-electron chi connectivity index (χ1n) is 9.86. The third-order valence-corrected chi connectivity index (χ3v) is 6.73. The number of benzene rings is 1. The van der Waals surface area contributed by atoms with Crippen LogP contribution in [0.1, 0.15) is 27.9 Å². The number of ketones is 2. The largest absolute Gasteiger partial charge is 0.510 e. The quantitative estimate of drug-likeness (QED) is 0.395. The smallest absolute Gasteiger partial charge is 0.255 e. The van der Waals surface area contributed by atoms with Gasteiger partial charge in [-0.3, -0.25) is 19.3 Å². The minimum atomic E-state index is -2.67. The zero-order chi connectivity index (χ0) is 23.7. The molecule has 0 bridgehead atoms. The number of hydrogen-bond acceptors (Lipinski definition) is 9. The molecule has 4 atom stereocenters. The number of amides is 1. The van der Waals surface area contributed by atoms with Crippen LogP contribution in [0, 0.1) is 23.2 Å². The van der Waals surface area contributed by atoms with Crippen LogP contribution in [0.4, 0.5) is 0 Å². The van der Waals surface area contributed by atoms with Crippen LogP contribution in [-0.4, -0.2) is 68.5 Å². The highest BCUT2D eigenvalue weighted by Gasteiger charge is 2.63. The molecule has 166 valence electrons. The molecule has 10 nitrogen and oxygen atoms in total. The van der Waals surface area contributed by atoms with Gasteiger partial charge in [0.25, 0.3) is 5.91 Å². The molecule has 0 aliphatic heterocycles. The number of nitriles is 1. The van der Waals surface area contributed by atoms with Crippen molar-refractivity contribution < 1.29 is 34.8 Å². The molecular formula is C22H21N3O7. The lowest BCUT2D eigenvalue weighted by atomic mass is 9.58. The Morgan fingerprint density at radius 2 is 1.91 bits per heavy atom. The standard InChI is InChI=1S/C22H21N3O7/c1-25(2)16-11-6-9-5-10-8(7-23)3-4-12(26)14(10)17(27)13(9)19(29)22(11,32)20(30)15(18(16)28)21(24)31/h3-4,9,11,16,26,28-29,32H,5-6H2,1-2H3,(H2,24,31)/t9-,11-,16+,22-/m0/s1. The van der Waals surface area contributed by atoms with Crippen molar-refractivity contribution in [2.24, 2.45) is 17.6 Å². The number of fused-ring (bicyclic) bond motifs is 3. The van der Waals surface area contributed by atoms with Gasteiger partial charge in [-0.15, -0.1) is 0 Å². The molecule has 0 spiro atoms. The first-order valence-corrected chi connectivity index (χ1v) is 9.86. The Hall–Kier alpha value is -3.68. The van der Waals surface area contributed by atoms with Gasteiger partial charge in [0.2, 0.25) is 5.78 Å². The lowest BCUT2D eigenvalue weighted by Crippen LogP contribution is -2.63. The van der Waals surface area contributed by atoms with Crippen molar-refractivity contribution in [1.29, 1.82) is 5.26 Å². The van der Waals surface area contributed by atoms with Gasteiger partial charge < -0.3 is 26.2 Å². The Kier molecular flexibility index (Phi) is 4.66. The number of aliphatic hydroxyl groups excluding tert-OH is 2. The van der Waals surface area contributed by atoms with Crippen LogP contribution < -0.4 is 5.73 Å². The number of hydrogen-bond donors (Lipinski definition) is 5. The van der Waals surface area contributed by atoms with E-state index < -0.39 is 63.8 Å². The van der Waals surface area contributed by atoms with Crippen LogP contribution in [-0.2, 0) is 16.0 Å². The maximum Gasteiger partial charge on any atom is 0.255 e. The minimum absolute atomic E-state index is 0.0215. The number of aromatic hydroxyl groups is 1. The Morgan fingerprint density at radius 3 is 2.47 bits per heavy atom. The normalized spacial score (nSPS) is 29.4. The number of nitrogens with two attached hydrogens (primary N) is 1. The molecule has 0 heterocycles. The van der Waals surface area contributed by atoms with Crippen molar-refractivity contribution in [2.75, 3.05) is 14.1 Å². The van der Waals surface area contributed by atoms with Gasteiger partial charge in [0.15, 0.2) is 11.4 Å². The predicted molar refractivity (Wildman–Crippen MR) is 108 cm³/mol. The summed E-state index contributed by atoms with van der Waals surface area (Å²) in [5.41, 5.74) is 1.82. The molecule has 1 aromatic carbocycles. The van der Waals surface area contributed by atoms with Gasteiger partial charge in [-0.1, -0.05) is 0 Å². The van der Waals surface area contributed by atoms with Crippen molar-refractivity contribution >= 4 is 17.5 Å². The third-order valence-electron chi connectivity index (χ3n) is 6.73. The third kappa shape index (κ3) is 2.55. The Morgan fingerprint density at radius 1 is 1.25 bits per heavy atom. The second-order valence-electron chi connectivity index (χ2n) is 8.56. The van der Waals surface area contributed by atoms with Crippen LogP contribution in [0.25, 0.3) is 0 Å². The zero-order valence-electron chi connectivity index (χ0n) is 17.3. The lowest BCUT2D eigenvalue weighted by molar-refractivity contribution is -0.148. The molecule has 6 N–H and O–H groups in total. The predicted octanol–water partition coefficient (Wildman–Crippen LogP) is -0.00772. The Labute approximate surface area is 182 Å². The van der Waals surface area contributed by atoms with Crippen LogP contribution in [0.5, 0.6) is 5.75 Å². The summed E-state index contributed by atoms with van der Waals surface area (Å²) in [6.45, 7) is 0. The van der Waals surface area contributed by atoms with E-state index in [1.54, 1.807) is 14.1 Å². The molecule has 0 saturated carbocycles. The summed E-state index contributed by atoms with van der Waals surface area (Å²) in [5.74, 6) is -7.13. The molecule has 0 unspecified atom stereocenters. The molecular weight excluding hydrogens is 418 g/mol. The van der Waals surface area contributed by atoms with Gasteiger partial charge in [0.05, 0.1) is 23.2 Å². The number of allylic oxidation sites excluding steroid dienone is 1. The number of likely N-dealkylation sites (N-methyl/N-ethyl adjacent to an activating group) is 1. The molecule has 4 rings (SSSR count). The van der Waals surface area contributed by atoms with Gasteiger partial charge in [0.1, 0.15) is 22.8 Å². The number of primary amides is 1. The summed E-state index contributed by atoms with van der Waals surface area (Å²) < 4.78 is 0. The summed E-state index contributed by atoms with van der Waals surface area (Å²) in [7, 11) is 3.11. The lowest BCUT2D eigenvalue weighted by Gasteiger charge is -2.50. The average Bonchev–Trinajstić information content (AvgIpc) is 2.70. The monoisotopic (exact) mass is 439 g/mol. The Bertz CT molecular complexity index is 1210. The minimum Gasteiger partial charge on any atom is -0.510 e. The fraction of sp³-hybridized carbons (Fsp3) is 0.364. The first kappa shape index (κ1) is 21.5. The van der Waals surface area contributed by atoms with E-state index in [1.165, 1.54) is 17.0 Å². The number of phenols is 1. The van der Waals surface area contributed by atoms with E-state index in [1.807, 2.05) is 6.07 Å². The molecule has 0 saturated heterocycles. The summed E-state index contributed by atoms with van der Waals surface area (Å²) >= 11 is 0. The van der Waals surface area contributed by atoms with E-state index in [4.69, 9.17) is 5.73 Å². The number of Topliss-reactive ketones (excluding diaryl/α,β-unsaturated/α-hetero) is 2. The van der Waals surface area contributed by atoms with Gasteiger partial charge >= 0.3 is 0 Å². The van der Waals surface area contributed by atoms with Crippen LogP contribution in [0.3, 0.4) is 0 Å². The number of phenolic OH excluding ortho intramolecular Hbond substituents is 1. The molecule has 32 heavy (non-hydrogen) atoms. The van der Waals surface area contributed by atoms with Crippen LogP contribution in [0.2, 0.25) is 0 Å². The van der Waals surface area contributed by atoms with Crippen molar-refractivity contribution in [2.45, 2.75) is 24.5 Å². The van der Waals surface area contributed by atoms with Crippen LogP contribution in [0.15, 0.2) is 34.8 Å². The summed E-state index contributed by atoms with van der Waals surface area (Å²) in [4.78, 5) is 39.8. The fourth-order valence-corrected chi connectivity index (χ4v) is 5.36. The molecule has 1 amide bonds. The highest BCUT2D eigenvalue weighted by atomic mass is 16.3. The molecule has 3 aliphatic carbocycles. The molecule has 0 aromatic heterocycles. The average molecular weight is 439 g/mol. The molecule has 1 aromatic rings. The van der Waals surface area contributed by atoms with Crippen molar-refractivity contribution in [3.8, 4) is 11.8 Å². The number of rotatable bonds is 2. The summed E-state index contributed by atoms with van der Waals surface area (Å²) in [5, 5.41) is 52.9. The van der Waals surface area contributed by atoms with Gasteiger partial charge in [0, 0.05) is 11.5 Å². The number of carbonyl (C=O) groups is 3. The van der Waals surface area contributed by atoms with Crippen molar-refractivity contribution in [3.05, 3.63) is 51.5 Å². The summed E-state index contributed by atoms with van der Waals surface area (Å²) in [6, 6.07) is 3.50. The van der Waals surface area contributed by atoms with E-state index in [2.05, 4.69) is 0 Å². The highest BCUT2D eigenvalue weighted by molar-refractivity contribution is 6.24. The molecule has 3 aliphatic rings. The number of aliphatic hydroxyl groups is 3. The van der Waals surface area contributed by atoms with Crippen molar-refractivity contribution in [3.63, 3.8) is 0 Å². The highest BCUT2D eigenvalue weighted by Crippen LogP contribution is 2.52. The van der Waals surface area contributed by atoms with E-state index in [-0.39, 0.29) is 29.5 Å². The fourth-order valence-electron chi connectivity index (χ4n) is 5.36. The maximum absolute atomic E-state index is 13.3. The SMILES string of the molecule is CN(C)[C@H]1C(O)=C(C(N)=O)C(=O)[C@@]2(O)C(O)=C3C(=O)c4c(O)ccc(C#N)c4C[C@H]3C[C@@H]12. The van der Waals surface area contributed by atoms with E-state index >= 15 is 0 Å². The topological polar surface area (TPSA) is 185 Å². The second-order valence-corrected chi connectivity index (χ2v) is 8.56. The number of nitrogens with zero attached hydrogens (tertiary/aromatic N) is 2. The van der Waals surface area contributed by atoms with E-state index in [9.17, 15) is 40.1 Å². The van der Waals surface area contributed by atoms with E-state index in [0.29, 0.717) is 5.56 Å². The van der Waals surface area contributed by atoms with Gasteiger partial charge in [-0.25, -0.2) is 0 Å². The first-order chi connectivity index (χ1) is 15.0. The molecule has 0 radical (unpaired) electrons. The van der Waals surface area contributed by atoms with Gasteiger partial charge in [-0.2, -0.15) is 5.26 Å². The van der Waals surface area contributed by atoms with Crippen LogP contribution >= 0.6 is 0 Å². The molecule has 10 heteroatoms. The summed E-state index contributed by atoms with van der Waals surface area (Å²) in [6.07, 6.45) is 0.0676. The Balaban J connectivity index is 1.99. The van der Waals surface area contributed by atoms with Crippen molar-refractivity contribution in [1.82, 2.24) is 4.90 Å². The second kappa shape index (κ2) is 6.91. The number of carbonyl (C=O) groups excluding carboxylic acids is 3. The van der Waals surface area contributed by atoms with E-state index in [0.717, 1.165) is 0 Å². The zero-order valence-corrected chi connectivity index (χ0v) is 17.3. The molecule has 0 fully saturated rings. The van der Waals surface area contributed by atoms with Gasteiger partial charge in [-0.05, 0) is 50.6 Å².